The van der Waals surface area contributed by atoms with Crippen LogP contribution in [0.1, 0.15) is 25.7 Å². The van der Waals surface area contributed by atoms with Gasteiger partial charge in [0, 0.05) is 0 Å². The van der Waals surface area contributed by atoms with Gasteiger partial charge in [-0.3, -0.25) is 0 Å². The normalized spacial score (nSPS) is 20.1. The summed E-state index contributed by atoms with van der Waals surface area (Å²) in [6.07, 6.45) is 29.2. The topological polar surface area (TPSA) is 18.5 Å². The second-order valence-electron chi connectivity index (χ2n) is 6.90. The van der Waals surface area contributed by atoms with Crippen molar-refractivity contribution in [1.29, 1.82) is 0 Å². The van der Waals surface area contributed by atoms with E-state index in [9.17, 15) is 0 Å². The van der Waals surface area contributed by atoms with Crippen LogP contribution in [0.2, 0.25) is 0 Å². The molecule has 4 aliphatic carbocycles. The van der Waals surface area contributed by atoms with Crippen molar-refractivity contribution >= 4 is 18.6 Å². The van der Waals surface area contributed by atoms with Crippen molar-refractivity contribution in [3.8, 4) is 0 Å². The molecule has 6 heteroatoms. The van der Waals surface area contributed by atoms with Gasteiger partial charge in [-0.25, -0.2) is 0 Å². The molecular weight excluding hydrogens is 463 g/mol. The Hall–Kier alpha value is -0.151. The summed E-state index contributed by atoms with van der Waals surface area (Å²) in [6, 6.07) is 0. The Kier molecular flexibility index (Phi) is 8.24. The molecule has 4 aliphatic rings. The summed E-state index contributed by atoms with van der Waals surface area (Å²) in [5.74, 6) is 0. The van der Waals surface area contributed by atoms with Crippen molar-refractivity contribution < 1.29 is 38.5 Å². The van der Waals surface area contributed by atoms with Crippen molar-refractivity contribution in [2.45, 2.75) is 25.7 Å². The SMILES string of the molecule is C[O][Ti]([O]C)([C]1=CC=CC1)[C]1=CC=CC1.[Cl][Ti]([Cl])([C]1=CC=CC1)[C]1=CC=CC1. The van der Waals surface area contributed by atoms with Crippen molar-refractivity contribution in [2.24, 2.45) is 0 Å². The standard InChI is InChI=1S/4C5H5.2CH3O.2ClH.2Ti/c4*1-2-4-5-3-1;2*1-2;;;;/h4*1-3H,4H2;2*1H3;2*1H;;/q;;;;2*-1;;;2*+2/p-2. The number of hydrogen-bond donors (Lipinski definition) is 0. The molecule has 0 aromatic heterocycles. The van der Waals surface area contributed by atoms with Gasteiger partial charge in [0.05, 0.1) is 0 Å². The molecule has 0 amide bonds. The third kappa shape index (κ3) is 4.77. The van der Waals surface area contributed by atoms with Crippen molar-refractivity contribution in [1.82, 2.24) is 0 Å². The van der Waals surface area contributed by atoms with E-state index in [1.807, 2.05) is 12.2 Å². The molecule has 0 aromatic rings. The number of halogens is 2. The quantitative estimate of drug-likeness (QED) is 0.372. The van der Waals surface area contributed by atoms with Crippen LogP contribution in [-0.2, 0) is 38.5 Å². The zero-order chi connectivity index (χ0) is 20.0. The molecule has 28 heavy (non-hydrogen) atoms. The minimum absolute atomic E-state index is 0.949. The van der Waals surface area contributed by atoms with Gasteiger partial charge in [0.1, 0.15) is 0 Å². The molecule has 0 spiro atoms. The first kappa shape index (κ1) is 22.5. The first-order valence-corrected chi connectivity index (χ1v) is 18.2. The summed E-state index contributed by atoms with van der Waals surface area (Å²) in [5, 5.41) is 0. The van der Waals surface area contributed by atoms with Crippen LogP contribution in [0, 0.1) is 0 Å². The molecule has 0 atom stereocenters. The third-order valence-corrected chi connectivity index (χ3v) is 18.6. The first-order valence-electron chi connectivity index (χ1n) is 9.47. The van der Waals surface area contributed by atoms with E-state index in [-0.39, 0.29) is 0 Å². The second kappa shape index (κ2) is 10.2. The van der Waals surface area contributed by atoms with Crippen LogP contribution in [0.25, 0.3) is 0 Å². The molecule has 148 valence electrons. The predicted molar refractivity (Wildman–Crippen MR) is 113 cm³/mol. The van der Waals surface area contributed by atoms with Crippen molar-refractivity contribution in [3.05, 3.63) is 88.4 Å². The van der Waals surface area contributed by atoms with Gasteiger partial charge in [-0.15, -0.1) is 0 Å². The summed E-state index contributed by atoms with van der Waals surface area (Å²) < 4.78 is 16.8. The summed E-state index contributed by atoms with van der Waals surface area (Å²) >= 11 is -5.67. The van der Waals surface area contributed by atoms with E-state index in [0.717, 1.165) is 25.7 Å². The van der Waals surface area contributed by atoms with Gasteiger partial charge in [-0.2, -0.15) is 0 Å². The molecule has 0 aliphatic heterocycles. The molecule has 0 heterocycles. The van der Waals surface area contributed by atoms with Crippen LogP contribution in [-0.4, -0.2) is 14.2 Å². The van der Waals surface area contributed by atoms with Gasteiger partial charge in [0.15, 0.2) is 0 Å². The van der Waals surface area contributed by atoms with Crippen LogP contribution in [0.4, 0.5) is 0 Å². The van der Waals surface area contributed by atoms with E-state index < -0.39 is 31.8 Å². The van der Waals surface area contributed by atoms with E-state index in [4.69, 9.17) is 25.2 Å². The maximum absolute atomic E-state index is 6.49. The van der Waals surface area contributed by atoms with Crippen molar-refractivity contribution in [2.75, 3.05) is 14.2 Å². The summed E-state index contributed by atoms with van der Waals surface area (Å²) in [7, 11) is 16.5. The number of rotatable bonds is 6. The van der Waals surface area contributed by atoms with Crippen LogP contribution >= 0.6 is 18.6 Å². The Labute approximate surface area is 184 Å². The minimum atomic E-state index is -2.85. The van der Waals surface area contributed by atoms with Crippen LogP contribution in [0.15, 0.2) is 88.4 Å². The Morgan fingerprint density at radius 1 is 0.607 bits per heavy atom. The zero-order valence-corrected chi connectivity index (χ0v) is 21.0. The molecule has 0 aromatic carbocycles. The van der Waals surface area contributed by atoms with Crippen LogP contribution < -0.4 is 0 Å². The van der Waals surface area contributed by atoms with Gasteiger partial charge in [-0.05, 0) is 0 Å². The van der Waals surface area contributed by atoms with Gasteiger partial charge in [0.25, 0.3) is 0 Å². The molecule has 0 unspecified atom stereocenters. The fraction of sp³-hybridized carbons (Fsp3) is 0.273. The van der Waals surface area contributed by atoms with Crippen LogP contribution in [0.5, 0.6) is 0 Å². The average molecular weight is 489 g/mol. The maximum atomic E-state index is 6.49. The Morgan fingerprint density at radius 3 is 1.18 bits per heavy atom. The third-order valence-electron chi connectivity index (χ3n) is 5.31. The van der Waals surface area contributed by atoms with Gasteiger partial charge in [-0.1, -0.05) is 0 Å². The van der Waals surface area contributed by atoms with Crippen molar-refractivity contribution in [3.63, 3.8) is 0 Å². The molecule has 2 nitrogen and oxygen atoms in total. The Morgan fingerprint density at radius 2 is 0.929 bits per heavy atom. The predicted octanol–water partition coefficient (Wildman–Crippen LogP) is 7.09. The summed E-state index contributed by atoms with van der Waals surface area (Å²) in [4.78, 5) is 0. The van der Waals surface area contributed by atoms with E-state index in [0.29, 0.717) is 0 Å². The van der Waals surface area contributed by atoms with Gasteiger partial charge in [0.2, 0.25) is 0 Å². The molecule has 0 fully saturated rings. The van der Waals surface area contributed by atoms with E-state index >= 15 is 0 Å². The van der Waals surface area contributed by atoms with Gasteiger partial charge < -0.3 is 0 Å². The second-order valence-corrected chi connectivity index (χ2v) is 21.4. The summed E-state index contributed by atoms with van der Waals surface area (Å²) in [6.45, 7) is 0. The molecule has 4 rings (SSSR count). The zero-order valence-electron chi connectivity index (χ0n) is 16.3. The Balaban J connectivity index is 0.000000162. The fourth-order valence-electron chi connectivity index (χ4n) is 3.76. The molecule has 0 saturated heterocycles. The van der Waals surface area contributed by atoms with E-state index in [1.54, 1.807) is 14.2 Å². The molecular formula is C22H26Cl2O2Ti2. The van der Waals surface area contributed by atoms with E-state index in [1.165, 1.54) is 15.5 Å². The molecule has 0 bridgehead atoms. The number of hydrogen-bond acceptors (Lipinski definition) is 2. The fourth-order valence-corrected chi connectivity index (χ4v) is 13.6. The summed E-state index contributed by atoms with van der Waals surface area (Å²) in [5.41, 5.74) is 0. The van der Waals surface area contributed by atoms with Gasteiger partial charge >= 0.3 is 185 Å². The molecule has 0 N–H and O–H groups in total. The monoisotopic (exact) mass is 488 g/mol. The number of allylic oxidation sites excluding steroid dienone is 16. The Bertz CT molecular complexity index is 775. The van der Waals surface area contributed by atoms with E-state index in [2.05, 4.69) is 60.8 Å². The first-order chi connectivity index (χ1) is 13.5. The van der Waals surface area contributed by atoms with Crippen LogP contribution in [0.3, 0.4) is 0 Å². The average Bonchev–Trinajstić information content (AvgIpc) is 3.53. The molecule has 0 radical (unpaired) electrons. The molecule has 0 saturated carbocycles.